The standard InChI is InChI=1S/C20H21F3N8O/c21-20(22,23)15-11-16(24)27-12-14(15)17-28-18(26-6-3-13-1-4-25-5-2-13)30-19(29-17)31-7-9-32-10-8-31/h1-2,4-5,11-12H,3,6-10H2,(H2,24,27)(H,26,28,29,30). The molecule has 0 aliphatic carbocycles. The molecule has 168 valence electrons. The van der Waals surface area contributed by atoms with Crippen LogP contribution in [0.25, 0.3) is 11.4 Å². The Labute approximate surface area is 181 Å². The summed E-state index contributed by atoms with van der Waals surface area (Å²) in [7, 11) is 0. The molecule has 4 heterocycles. The molecule has 0 saturated carbocycles. The zero-order valence-electron chi connectivity index (χ0n) is 17.0. The van der Waals surface area contributed by atoms with Gasteiger partial charge in [0.25, 0.3) is 0 Å². The molecule has 1 aliphatic rings. The summed E-state index contributed by atoms with van der Waals surface area (Å²) in [6.07, 6.45) is 0.442. The Hall–Kier alpha value is -3.54. The van der Waals surface area contributed by atoms with Crippen LogP contribution in [-0.2, 0) is 17.3 Å². The van der Waals surface area contributed by atoms with Crippen LogP contribution in [0.4, 0.5) is 30.9 Å². The van der Waals surface area contributed by atoms with E-state index in [2.05, 4.69) is 30.2 Å². The number of nitrogens with zero attached hydrogens (tertiary/aromatic N) is 6. The fourth-order valence-corrected chi connectivity index (χ4v) is 3.22. The molecule has 9 nitrogen and oxygen atoms in total. The lowest BCUT2D eigenvalue weighted by atomic mass is 10.1. The lowest BCUT2D eigenvalue weighted by Gasteiger charge is -2.27. The molecule has 4 rings (SSSR count). The third kappa shape index (κ3) is 5.19. The highest BCUT2D eigenvalue weighted by atomic mass is 19.4. The average Bonchev–Trinajstić information content (AvgIpc) is 2.79. The Bertz CT molecular complexity index is 1060. The molecule has 32 heavy (non-hydrogen) atoms. The van der Waals surface area contributed by atoms with E-state index in [9.17, 15) is 13.2 Å². The second-order valence-electron chi connectivity index (χ2n) is 7.07. The number of nitrogen functional groups attached to an aromatic ring is 1. The first-order valence-electron chi connectivity index (χ1n) is 9.95. The monoisotopic (exact) mass is 446 g/mol. The number of hydrogen-bond acceptors (Lipinski definition) is 9. The number of rotatable bonds is 6. The van der Waals surface area contributed by atoms with E-state index in [4.69, 9.17) is 10.5 Å². The second kappa shape index (κ2) is 9.30. The maximum absolute atomic E-state index is 13.7. The van der Waals surface area contributed by atoms with Crippen molar-refractivity contribution in [2.75, 3.05) is 48.8 Å². The zero-order valence-corrected chi connectivity index (χ0v) is 17.0. The van der Waals surface area contributed by atoms with Gasteiger partial charge in [-0.15, -0.1) is 0 Å². The van der Waals surface area contributed by atoms with Crippen molar-refractivity contribution >= 4 is 17.7 Å². The number of pyridine rings is 2. The van der Waals surface area contributed by atoms with Crippen LogP contribution in [0, 0.1) is 0 Å². The number of hydrogen-bond donors (Lipinski definition) is 2. The molecule has 3 aromatic rings. The Morgan fingerprint density at radius 1 is 1.09 bits per heavy atom. The van der Waals surface area contributed by atoms with E-state index in [1.165, 1.54) is 0 Å². The number of nitrogens with two attached hydrogens (primary N) is 1. The van der Waals surface area contributed by atoms with Crippen molar-refractivity contribution in [3.63, 3.8) is 0 Å². The summed E-state index contributed by atoms with van der Waals surface area (Å²) < 4.78 is 46.3. The molecular formula is C20H21F3N8O. The minimum absolute atomic E-state index is 0.132. The third-order valence-corrected chi connectivity index (χ3v) is 4.84. The molecule has 12 heteroatoms. The van der Waals surface area contributed by atoms with Crippen LogP contribution in [0.2, 0.25) is 0 Å². The quantitative estimate of drug-likeness (QED) is 0.589. The normalized spacial score (nSPS) is 14.4. The van der Waals surface area contributed by atoms with Gasteiger partial charge in [0.1, 0.15) is 5.82 Å². The number of ether oxygens (including phenoxy) is 1. The van der Waals surface area contributed by atoms with E-state index >= 15 is 0 Å². The summed E-state index contributed by atoms with van der Waals surface area (Å²) in [4.78, 5) is 22.6. The molecule has 0 bridgehead atoms. The van der Waals surface area contributed by atoms with E-state index in [-0.39, 0.29) is 29.1 Å². The van der Waals surface area contributed by atoms with Crippen molar-refractivity contribution in [2.24, 2.45) is 0 Å². The van der Waals surface area contributed by atoms with Crippen molar-refractivity contribution in [3.8, 4) is 11.4 Å². The van der Waals surface area contributed by atoms with Gasteiger partial charge >= 0.3 is 6.18 Å². The second-order valence-corrected chi connectivity index (χ2v) is 7.07. The van der Waals surface area contributed by atoms with Gasteiger partial charge < -0.3 is 20.7 Å². The molecule has 3 aromatic heterocycles. The van der Waals surface area contributed by atoms with E-state index in [1.807, 2.05) is 17.0 Å². The molecule has 1 fully saturated rings. The van der Waals surface area contributed by atoms with Gasteiger partial charge in [-0.3, -0.25) is 4.98 Å². The molecule has 1 aliphatic heterocycles. The zero-order chi connectivity index (χ0) is 22.6. The SMILES string of the molecule is Nc1cc(C(F)(F)F)c(-c2nc(NCCc3ccncc3)nc(N3CCOCC3)n2)cn1. The summed E-state index contributed by atoms with van der Waals surface area (Å²) in [5, 5.41) is 3.09. The lowest BCUT2D eigenvalue weighted by molar-refractivity contribution is -0.137. The largest absolute Gasteiger partial charge is 0.417 e. The lowest BCUT2D eigenvalue weighted by Crippen LogP contribution is -2.37. The maximum Gasteiger partial charge on any atom is 0.417 e. The summed E-state index contributed by atoms with van der Waals surface area (Å²) >= 11 is 0. The van der Waals surface area contributed by atoms with Gasteiger partial charge in [-0.25, -0.2) is 4.98 Å². The summed E-state index contributed by atoms with van der Waals surface area (Å²) in [6, 6.07) is 4.55. The van der Waals surface area contributed by atoms with Crippen molar-refractivity contribution in [1.82, 2.24) is 24.9 Å². The number of alkyl halides is 3. The van der Waals surface area contributed by atoms with Crippen LogP contribution in [0.15, 0.2) is 36.8 Å². The highest BCUT2D eigenvalue weighted by Gasteiger charge is 2.35. The van der Waals surface area contributed by atoms with E-state index in [0.29, 0.717) is 39.3 Å². The smallest absolute Gasteiger partial charge is 0.384 e. The van der Waals surface area contributed by atoms with Gasteiger partial charge in [-0.1, -0.05) is 0 Å². The molecule has 0 atom stereocenters. The van der Waals surface area contributed by atoms with Crippen LogP contribution in [0.3, 0.4) is 0 Å². The van der Waals surface area contributed by atoms with Crippen LogP contribution < -0.4 is 16.0 Å². The molecular weight excluding hydrogens is 425 g/mol. The van der Waals surface area contributed by atoms with Gasteiger partial charge in [0, 0.05) is 38.2 Å². The number of anilines is 3. The highest BCUT2D eigenvalue weighted by molar-refractivity contribution is 5.64. The molecule has 0 aromatic carbocycles. The Morgan fingerprint density at radius 3 is 2.56 bits per heavy atom. The molecule has 0 spiro atoms. The number of halogens is 3. The van der Waals surface area contributed by atoms with E-state index in [0.717, 1.165) is 17.8 Å². The van der Waals surface area contributed by atoms with Crippen molar-refractivity contribution in [2.45, 2.75) is 12.6 Å². The first kappa shape index (κ1) is 21.7. The Balaban J connectivity index is 1.68. The van der Waals surface area contributed by atoms with Crippen molar-refractivity contribution in [3.05, 3.63) is 47.9 Å². The van der Waals surface area contributed by atoms with E-state index in [1.54, 1.807) is 12.4 Å². The first-order chi connectivity index (χ1) is 15.4. The Kier molecular flexibility index (Phi) is 6.30. The fourth-order valence-electron chi connectivity index (χ4n) is 3.22. The minimum Gasteiger partial charge on any atom is -0.384 e. The molecule has 0 unspecified atom stereocenters. The molecule has 1 saturated heterocycles. The number of aromatic nitrogens is 5. The number of morpholine rings is 1. The predicted molar refractivity (Wildman–Crippen MR) is 112 cm³/mol. The topological polar surface area (TPSA) is 115 Å². The van der Waals surface area contributed by atoms with Gasteiger partial charge in [-0.05, 0) is 30.2 Å². The summed E-state index contributed by atoms with van der Waals surface area (Å²) in [5.41, 5.74) is 5.33. The summed E-state index contributed by atoms with van der Waals surface area (Å²) in [6.45, 7) is 2.46. The van der Waals surface area contributed by atoms with Crippen LogP contribution >= 0.6 is 0 Å². The van der Waals surface area contributed by atoms with Gasteiger partial charge in [0.05, 0.1) is 24.3 Å². The third-order valence-electron chi connectivity index (χ3n) is 4.84. The predicted octanol–water partition coefficient (Wildman–Crippen LogP) is 2.42. The summed E-state index contributed by atoms with van der Waals surface area (Å²) in [5.74, 6) is 0.0807. The Morgan fingerprint density at radius 2 is 1.84 bits per heavy atom. The highest BCUT2D eigenvalue weighted by Crippen LogP contribution is 2.37. The van der Waals surface area contributed by atoms with Gasteiger partial charge in [0.2, 0.25) is 11.9 Å². The molecule has 3 N–H and O–H groups in total. The van der Waals surface area contributed by atoms with Gasteiger partial charge in [-0.2, -0.15) is 28.1 Å². The maximum atomic E-state index is 13.7. The van der Waals surface area contributed by atoms with Gasteiger partial charge in [0.15, 0.2) is 5.82 Å². The van der Waals surface area contributed by atoms with Crippen molar-refractivity contribution in [1.29, 1.82) is 0 Å². The minimum atomic E-state index is -4.65. The van der Waals surface area contributed by atoms with Crippen molar-refractivity contribution < 1.29 is 17.9 Å². The van der Waals surface area contributed by atoms with Crippen LogP contribution in [-0.4, -0.2) is 57.8 Å². The first-order valence-corrected chi connectivity index (χ1v) is 9.95. The van der Waals surface area contributed by atoms with Crippen LogP contribution in [0.1, 0.15) is 11.1 Å². The number of nitrogens with one attached hydrogen (secondary N) is 1. The fraction of sp³-hybridized carbons (Fsp3) is 0.350. The molecule has 0 amide bonds. The van der Waals surface area contributed by atoms with Crippen LogP contribution in [0.5, 0.6) is 0 Å². The molecule has 0 radical (unpaired) electrons. The van der Waals surface area contributed by atoms with E-state index < -0.39 is 11.7 Å². The average molecular weight is 446 g/mol.